The van der Waals surface area contributed by atoms with Gasteiger partial charge in [0.2, 0.25) is 19.0 Å². The number of nitrogens with zero attached hydrogens (tertiary/aromatic N) is 28. The summed E-state index contributed by atoms with van der Waals surface area (Å²) >= 11 is 0. The Bertz CT molecular complexity index is 6160. The number of nitrogens with two attached hydrogens (primary N) is 2. The van der Waals surface area contributed by atoms with Crippen molar-refractivity contribution < 1.29 is 61.5 Å². The number of azo groups is 6. The Labute approximate surface area is 857 Å². The topological polar surface area (TPSA) is 344 Å². The molecule has 17 rings (SSSR count). The zero-order valence-corrected chi connectivity index (χ0v) is 81.4. The molecule has 0 aliphatic carbocycles. The summed E-state index contributed by atoms with van der Waals surface area (Å²) in [5.41, 5.74) is 22.1. The maximum Gasteiger partial charge on any atom is 0.350 e. The molecule has 2 fully saturated rings. The molecule has 2 aliphatic heterocycles. The molecule has 0 saturated carbocycles. The number of nitrogen functional groups attached to an aromatic ring is 2. The van der Waals surface area contributed by atoms with Crippen LogP contribution in [0.2, 0.25) is 0 Å². The van der Waals surface area contributed by atoms with Gasteiger partial charge in [-0.05, 0) is 238 Å². The van der Waals surface area contributed by atoms with E-state index in [1.807, 2.05) is 229 Å². The van der Waals surface area contributed by atoms with Crippen LogP contribution >= 0.6 is 0 Å². The summed E-state index contributed by atoms with van der Waals surface area (Å²) in [6.45, 7) is 16.9. The lowest BCUT2D eigenvalue weighted by atomic mass is 10.2. The van der Waals surface area contributed by atoms with Crippen molar-refractivity contribution in [3.8, 4) is 0 Å². The predicted molar refractivity (Wildman–Crippen MR) is 570 cm³/mol. The number of aliphatic hydroxyl groups is 4. The molecule has 2 saturated heterocycles. The molecule has 0 amide bonds. The molecule has 0 atom stereocenters. The minimum absolute atomic E-state index is 0. The third-order valence-electron chi connectivity index (χ3n) is 24.6. The van der Waals surface area contributed by atoms with Gasteiger partial charge in [-0.2, -0.15) is 0 Å². The molecule has 0 unspecified atom stereocenters. The van der Waals surface area contributed by atoms with Gasteiger partial charge in [0.05, 0.1) is 173 Å². The van der Waals surface area contributed by atoms with Gasteiger partial charge in [-0.3, -0.25) is 0 Å². The molecule has 11 heterocycles. The first-order valence-corrected chi connectivity index (χ1v) is 49.6. The van der Waals surface area contributed by atoms with Gasteiger partial charge in [0.25, 0.3) is 0 Å². The Balaban J connectivity index is 0.000000194. The van der Waals surface area contributed by atoms with Gasteiger partial charge in [0, 0.05) is 161 Å². The molecule has 146 heavy (non-hydrogen) atoms. The van der Waals surface area contributed by atoms with E-state index in [-0.39, 0.29) is 48.7 Å². The molecule has 2 aliphatic rings. The number of pyridine rings is 6. The number of imidazole rings is 3. The minimum atomic E-state index is 0. The zero-order valence-electron chi connectivity index (χ0n) is 81.4. The van der Waals surface area contributed by atoms with Crippen molar-refractivity contribution in [2.24, 2.45) is 61.4 Å². The number of aryl methyl sites for hydroxylation is 12. The molecule has 34 nitrogen and oxygen atoms in total. The standard InChI is InChI=1S/C39H51N10O4.C39H47N10.C31H33N10.3CH4/c50-29-25-46(26-30-51)36-13-9-34(10-14-36)40-42-38-7-1-3-19-48(38)21-5-17-44-23-24-45(33-44)18-6-22-49-20-4-2-8-39(49)43-41-35-11-15-37(16-12-35)47(27-31-52)28-32-53;1-3-27-48(38(11-1)42-40-34-13-17-36(18-14-34)46-23-5-6-24-46)29-9-21-44-31-32-45(33-44)22-10-30-49-28-4-2-12-39(49)43-41-35-15-19-37(20-16-35)47-25-7-8-26-47;32-26-9-13-28(14-10-26)34-36-30-7-1-3-19-40(30)21-5-17-38-23-24-39(25-38)18-6-22-41-20-4-2-8-31(41)37-35-29-15-11-27(33)12-16-29;;;/h1-4,7-16,19-20,23-24,33,50-53H,5-6,17-18,21-22,25-32H2;1-4,11-20,27-28,31-33H,5-10,21-26,29-30H2;1-4,7-16,19-20,23-25,32-33H,5-6,17-18,21-22H2;3*1H4/q2*+3;+1;;;/p+2. The molecule has 9 aromatic heterocycles. The Morgan fingerprint density at radius 2 is 0.466 bits per heavy atom. The van der Waals surface area contributed by atoms with Crippen LogP contribution < -0.4 is 72.2 Å². The van der Waals surface area contributed by atoms with Gasteiger partial charge >= 0.3 is 34.9 Å². The Morgan fingerprint density at radius 3 is 0.699 bits per heavy atom. The van der Waals surface area contributed by atoms with E-state index in [4.69, 9.17) is 11.5 Å². The van der Waals surface area contributed by atoms with Crippen LogP contribution in [0.4, 0.5) is 103 Å². The van der Waals surface area contributed by atoms with Crippen LogP contribution in [0.25, 0.3) is 0 Å². The van der Waals surface area contributed by atoms with Crippen molar-refractivity contribution >= 4 is 103 Å². The molecule has 0 spiro atoms. The van der Waals surface area contributed by atoms with Gasteiger partial charge in [-0.15, -0.1) is 0 Å². The largest absolute Gasteiger partial charge is 0.399 e. The Kier molecular flexibility index (Phi) is 44.2. The van der Waals surface area contributed by atoms with Gasteiger partial charge in [0.1, 0.15) is 71.3 Å². The molecule has 8 N–H and O–H groups in total. The fourth-order valence-corrected chi connectivity index (χ4v) is 17.0. The first-order chi connectivity index (χ1) is 70.5. The maximum absolute atomic E-state index is 9.31. The van der Waals surface area contributed by atoms with Crippen molar-refractivity contribution in [1.82, 2.24) is 13.7 Å². The summed E-state index contributed by atoms with van der Waals surface area (Å²) in [6.07, 6.45) is 42.4. The third kappa shape index (κ3) is 34.4. The number of aliphatic hydroxyl groups excluding tert-OH is 4. The fourth-order valence-electron chi connectivity index (χ4n) is 17.0. The van der Waals surface area contributed by atoms with Crippen molar-refractivity contribution in [3.05, 3.63) is 348 Å². The van der Waals surface area contributed by atoms with Crippen LogP contribution in [0.3, 0.4) is 0 Å². The molecule has 34 heteroatoms. The number of rotatable bonds is 48. The second kappa shape index (κ2) is 59.2. The number of aromatic nitrogens is 12. The Morgan fingerprint density at radius 1 is 0.247 bits per heavy atom. The quantitative estimate of drug-likeness (QED) is 0.0119. The SMILES string of the molecule is C.C.C.Nc1ccc(N=Nc2cccc[n+]2CCCn2cc[n+](CCC[n+]3ccccc3N=Nc3ccc(N)cc3)c2)cc1.OCCN(CCO)c1ccc(N=Nc2cccc[n+]2CCCn2cc[n+](CCC[n+]3ccccc3N=Nc3ccc(N(CCO)CCO)cc3)c2)cc1.c1cc[n+](CCCn2cc[n+](CCC[n+]3ccccc3N=Nc3ccc(N4CCCC4)cc3)c2)c(N=Nc2ccc(N3CCCC3)cc2)c1. The number of benzene rings is 6. The molecule has 758 valence electrons. The highest BCUT2D eigenvalue weighted by Gasteiger charge is 2.22. The number of anilines is 6. The van der Waals surface area contributed by atoms with Crippen LogP contribution in [-0.4, -0.2) is 113 Å². The van der Waals surface area contributed by atoms with Crippen molar-refractivity contribution in [3.63, 3.8) is 0 Å². The highest BCUT2D eigenvalue weighted by atomic mass is 16.3. The van der Waals surface area contributed by atoms with E-state index in [2.05, 4.69) is 255 Å². The zero-order chi connectivity index (χ0) is 98.5. The molecule has 15 aromatic rings. The number of hydrogen-bond acceptors (Lipinski definition) is 22. The molecular formula is C112H145N30O4+9. The third-order valence-corrected chi connectivity index (χ3v) is 24.6. The van der Waals surface area contributed by atoms with Crippen molar-refractivity contribution in [1.29, 1.82) is 0 Å². The van der Waals surface area contributed by atoms with Crippen LogP contribution in [0.15, 0.2) is 410 Å². The normalized spacial score (nSPS) is 12.4. The van der Waals surface area contributed by atoms with Crippen LogP contribution in [0.1, 0.15) is 86.5 Å². The van der Waals surface area contributed by atoms with Crippen LogP contribution in [0, 0.1) is 0 Å². The second-order valence-electron chi connectivity index (χ2n) is 35.0. The summed E-state index contributed by atoms with van der Waals surface area (Å²) in [4.78, 5) is 8.71. The van der Waals surface area contributed by atoms with E-state index in [9.17, 15) is 20.4 Å². The van der Waals surface area contributed by atoms with Gasteiger partial charge < -0.3 is 51.5 Å². The summed E-state index contributed by atoms with van der Waals surface area (Å²) in [5.74, 6) is 4.91. The van der Waals surface area contributed by atoms with Crippen molar-refractivity contribution in [2.45, 2.75) is 165 Å². The summed E-state index contributed by atoms with van der Waals surface area (Å²) in [5, 5.41) is 91.0. The van der Waals surface area contributed by atoms with E-state index in [1.54, 1.807) is 0 Å². The lowest BCUT2D eigenvalue weighted by Gasteiger charge is -2.22. The lowest BCUT2D eigenvalue weighted by molar-refractivity contribution is -0.721. The van der Waals surface area contributed by atoms with E-state index < -0.39 is 0 Å². The second-order valence-corrected chi connectivity index (χ2v) is 35.0. The predicted octanol–water partition coefficient (Wildman–Crippen LogP) is 18.9. The summed E-state index contributed by atoms with van der Waals surface area (Å²) in [7, 11) is 0. The monoisotopic (exact) mass is 1970 g/mol. The molecule has 6 aromatic carbocycles. The van der Waals surface area contributed by atoms with E-state index in [1.165, 1.54) is 37.1 Å². The van der Waals surface area contributed by atoms with Gasteiger partial charge in [0.15, 0.2) is 0 Å². The first kappa shape index (κ1) is 109. The van der Waals surface area contributed by atoms with E-state index in [0.717, 1.165) is 224 Å². The number of hydrogen-bond donors (Lipinski definition) is 6. The Hall–Kier alpha value is -15.9. The summed E-state index contributed by atoms with van der Waals surface area (Å²) < 4.78 is 26.2. The van der Waals surface area contributed by atoms with Crippen LogP contribution in [-0.2, 0) is 78.5 Å². The minimum Gasteiger partial charge on any atom is -0.399 e. The van der Waals surface area contributed by atoms with Gasteiger partial charge in [-0.1, -0.05) is 58.7 Å². The highest BCUT2D eigenvalue weighted by Crippen LogP contribution is 2.30. The fraction of sp³-hybridized carbons (Fsp3) is 0.330. The lowest BCUT2D eigenvalue weighted by Crippen LogP contribution is -2.38. The smallest absolute Gasteiger partial charge is 0.350 e. The summed E-state index contributed by atoms with van der Waals surface area (Å²) in [6, 6.07) is 82.8. The molecule has 0 bridgehead atoms. The highest BCUT2D eigenvalue weighted by molar-refractivity contribution is 5.57. The van der Waals surface area contributed by atoms with Crippen molar-refractivity contribution in [2.75, 3.05) is 110 Å². The van der Waals surface area contributed by atoms with E-state index in [0.29, 0.717) is 37.6 Å². The molecule has 0 radical (unpaired) electrons. The molecular weight excluding hydrogens is 1830 g/mol. The average molecular weight is 1980 g/mol. The maximum atomic E-state index is 9.31. The first-order valence-electron chi connectivity index (χ1n) is 49.6. The van der Waals surface area contributed by atoms with Crippen LogP contribution in [0.5, 0.6) is 0 Å². The average Bonchev–Trinajstić information content (AvgIpc) is 1.50. The van der Waals surface area contributed by atoms with Gasteiger partial charge in [-0.25, -0.2) is 54.8 Å². The van der Waals surface area contributed by atoms with E-state index >= 15 is 0 Å².